The van der Waals surface area contributed by atoms with E-state index >= 15 is 0 Å². The number of benzene rings is 1. The van der Waals surface area contributed by atoms with Gasteiger partial charge in [0.2, 0.25) is 0 Å². The molecule has 0 unspecified atom stereocenters. The van der Waals surface area contributed by atoms with Gasteiger partial charge in [0.05, 0.1) is 18.6 Å². The molecule has 9 heteroatoms. The second kappa shape index (κ2) is 8.37. The van der Waals surface area contributed by atoms with Crippen LogP contribution in [0.2, 0.25) is 0 Å². The Morgan fingerprint density at radius 3 is 2.78 bits per heavy atom. The number of nitrogens with one attached hydrogen (secondary N) is 2. The van der Waals surface area contributed by atoms with Gasteiger partial charge < -0.3 is 23.7 Å². The fraction of sp³-hybridized carbons (Fsp3) is 0.222. The zero-order chi connectivity index (χ0) is 19.2. The molecule has 2 N–H and O–H groups in total. The molecular formula is C18H18FN3O5. The van der Waals surface area contributed by atoms with Crippen LogP contribution in [-0.4, -0.2) is 31.5 Å². The molecule has 0 fully saturated rings. The molecule has 0 bridgehead atoms. The van der Waals surface area contributed by atoms with Crippen LogP contribution < -0.4 is 15.4 Å². The van der Waals surface area contributed by atoms with Gasteiger partial charge in [-0.05, 0) is 25.1 Å². The predicted molar refractivity (Wildman–Crippen MR) is 95.4 cm³/mol. The lowest BCUT2D eigenvalue weighted by Gasteiger charge is -2.13. The quantitative estimate of drug-likeness (QED) is 0.605. The van der Waals surface area contributed by atoms with Gasteiger partial charge in [-0.2, -0.15) is 0 Å². The fourth-order valence-corrected chi connectivity index (χ4v) is 2.33. The number of aryl methyl sites for hydroxylation is 1. The Labute approximate surface area is 154 Å². The van der Waals surface area contributed by atoms with Crippen LogP contribution in [0.4, 0.5) is 20.7 Å². The summed E-state index contributed by atoms with van der Waals surface area (Å²) in [7, 11) is 1.52. The molecule has 2 aromatic heterocycles. The number of rotatable bonds is 7. The van der Waals surface area contributed by atoms with Gasteiger partial charge in [0, 0.05) is 24.8 Å². The smallest absolute Gasteiger partial charge is 0.324 e. The normalized spacial score (nSPS) is 10.6. The van der Waals surface area contributed by atoms with Gasteiger partial charge >= 0.3 is 6.03 Å². The third-order valence-electron chi connectivity index (χ3n) is 3.52. The van der Waals surface area contributed by atoms with Crippen LogP contribution in [0.15, 0.2) is 45.5 Å². The third-order valence-corrected chi connectivity index (χ3v) is 3.52. The number of hydrogen-bond donors (Lipinski definition) is 2. The summed E-state index contributed by atoms with van der Waals surface area (Å²) in [5.74, 6) is 0.624. The highest BCUT2D eigenvalue weighted by Gasteiger charge is 2.17. The molecule has 0 spiro atoms. The highest BCUT2D eigenvalue weighted by Crippen LogP contribution is 2.34. The van der Waals surface area contributed by atoms with Crippen LogP contribution in [0.5, 0.6) is 5.75 Å². The topological polar surface area (TPSA) is 98.8 Å². The Morgan fingerprint density at radius 2 is 2.11 bits per heavy atom. The summed E-state index contributed by atoms with van der Waals surface area (Å²) in [6.45, 7) is 2.20. The van der Waals surface area contributed by atoms with Crippen molar-refractivity contribution < 1.29 is 27.6 Å². The van der Waals surface area contributed by atoms with Crippen molar-refractivity contribution in [1.82, 2.24) is 5.16 Å². The molecular weight excluding hydrogens is 357 g/mol. The van der Waals surface area contributed by atoms with Crippen LogP contribution in [0.3, 0.4) is 0 Å². The number of hydrogen-bond acceptors (Lipinski definition) is 6. The van der Waals surface area contributed by atoms with Crippen molar-refractivity contribution in [1.29, 1.82) is 0 Å². The minimum Gasteiger partial charge on any atom is -0.488 e. The van der Waals surface area contributed by atoms with E-state index in [1.807, 2.05) is 0 Å². The van der Waals surface area contributed by atoms with E-state index in [1.54, 1.807) is 25.1 Å². The Bertz CT molecular complexity index is 908. The number of furan rings is 1. The lowest BCUT2D eigenvalue weighted by atomic mass is 10.1. The number of carbonyl (C=O) groups is 1. The monoisotopic (exact) mass is 375 g/mol. The predicted octanol–water partition coefficient (Wildman–Crippen LogP) is 4.05. The maximum Gasteiger partial charge on any atom is 0.324 e. The standard InChI is InChI=1S/C18H18FN3O5/c1-11-8-17(22-27-11)21-18(23)20-14-10-13(19)16(26-7-6-24-2)9-12(14)15-4-3-5-25-15/h3-5,8-10H,6-7H2,1-2H3,(H2,20,21,22,23). The summed E-state index contributed by atoms with van der Waals surface area (Å²) in [5, 5.41) is 8.76. The van der Waals surface area contributed by atoms with Crippen molar-refractivity contribution in [3.05, 3.63) is 48.2 Å². The maximum atomic E-state index is 14.4. The molecule has 0 atom stereocenters. The van der Waals surface area contributed by atoms with Crippen LogP contribution in [0, 0.1) is 12.7 Å². The summed E-state index contributed by atoms with van der Waals surface area (Å²) < 4.78 is 34.9. The molecule has 2 heterocycles. The van der Waals surface area contributed by atoms with Crippen molar-refractivity contribution in [2.75, 3.05) is 31.0 Å². The van der Waals surface area contributed by atoms with Gasteiger partial charge in [-0.3, -0.25) is 5.32 Å². The SMILES string of the molecule is COCCOc1cc(-c2ccco2)c(NC(=O)Nc2cc(C)on2)cc1F. The number of aromatic nitrogens is 1. The van der Waals surface area contributed by atoms with Crippen molar-refractivity contribution >= 4 is 17.5 Å². The van der Waals surface area contributed by atoms with E-state index in [0.717, 1.165) is 6.07 Å². The molecule has 0 aliphatic rings. The summed E-state index contributed by atoms with van der Waals surface area (Å²) >= 11 is 0. The number of halogens is 1. The maximum absolute atomic E-state index is 14.4. The van der Waals surface area contributed by atoms with E-state index < -0.39 is 11.8 Å². The lowest BCUT2D eigenvalue weighted by Crippen LogP contribution is -2.20. The average Bonchev–Trinajstić information content (AvgIpc) is 3.29. The van der Waals surface area contributed by atoms with Crippen molar-refractivity contribution in [3.63, 3.8) is 0 Å². The van der Waals surface area contributed by atoms with Crippen LogP contribution in [0.1, 0.15) is 5.76 Å². The van der Waals surface area contributed by atoms with Crippen molar-refractivity contribution in [2.24, 2.45) is 0 Å². The fourth-order valence-electron chi connectivity index (χ4n) is 2.33. The van der Waals surface area contributed by atoms with Crippen LogP contribution in [0.25, 0.3) is 11.3 Å². The van der Waals surface area contributed by atoms with Gasteiger partial charge in [-0.1, -0.05) is 5.16 Å². The Balaban J connectivity index is 1.84. The Hall–Kier alpha value is -3.33. The second-order valence-corrected chi connectivity index (χ2v) is 5.55. The molecule has 8 nitrogen and oxygen atoms in total. The number of ether oxygens (including phenoxy) is 2. The first-order valence-corrected chi connectivity index (χ1v) is 8.07. The zero-order valence-electron chi connectivity index (χ0n) is 14.7. The Kier molecular flexibility index (Phi) is 5.72. The molecule has 27 heavy (non-hydrogen) atoms. The van der Waals surface area contributed by atoms with Crippen molar-refractivity contribution in [3.8, 4) is 17.1 Å². The van der Waals surface area contributed by atoms with E-state index in [2.05, 4.69) is 15.8 Å². The number of amides is 2. The first-order valence-electron chi connectivity index (χ1n) is 8.07. The van der Waals surface area contributed by atoms with Gasteiger partial charge in [-0.15, -0.1) is 0 Å². The Morgan fingerprint density at radius 1 is 1.26 bits per heavy atom. The van der Waals surface area contributed by atoms with E-state index in [4.69, 9.17) is 18.4 Å². The van der Waals surface area contributed by atoms with E-state index in [0.29, 0.717) is 23.7 Å². The largest absolute Gasteiger partial charge is 0.488 e. The zero-order valence-corrected chi connectivity index (χ0v) is 14.7. The first kappa shape index (κ1) is 18.5. The highest BCUT2D eigenvalue weighted by molar-refractivity contribution is 6.01. The molecule has 0 saturated heterocycles. The summed E-state index contributed by atoms with van der Waals surface area (Å²) in [6.07, 6.45) is 1.48. The van der Waals surface area contributed by atoms with Crippen molar-refractivity contribution in [2.45, 2.75) is 6.92 Å². The van der Waals surface area contributed by atoms with E-state index in [9.17, 15) is 9.18 Å². The van der Waals surface area contributed by atoms with Crippen LogP contribution >= 0.6 is 0 Å². The lowest BCUT2D eigenvalue weighted by molar-refractivity contribution is 0.144. The number of carbonyl (C=O) groups excluding carboxylic acids is 1. The number of methoxy groups -OCH3 is 1. The van der Waals surface area contributed by atoms with Gasteiger partial charge in [0.1, 0.15) is 18.1 Å². The molecule has 0 saturated carbocycles. The molecule has 142 valence electrons. The molecule has 2 amide bonds. The third kappa shape index (κ3) is 4.64. The minimum atomic E-state index is -0.631. The number of nitrogens with zero attached hydrogens (tertiary/aromatic N) is 1. The van der Waals surface area contributed by atoms with E-state index in [-0.39, 0.29) is 23.9 Å². The number of anilines is 2. The molecule has 0 aliphatic carbocycles. The molecule has 0 aliphatic heterocycles. The van der Waals surface area contributed by atoms with Crippen LogP contribution in [-0.2, 0) is 4.74 Å². The summed E-state index contributed by atoms with van der Waals surface area (Å²) in [5.41, 5.74) is 0.666. The average molecular weight is 375 g/mol. The summed E-state index contributed by atoms with van der Waals surface area (Å²) in [4.78, 5) is 12.2. The van der Waals surface area contributed by atoms with Gasteiger partial charge in [0.15, 0.2) is 17.4 Å². The minimum absolute atomic E-state index is 0.0246. The second-order valence-electron chi connectivity index (χ2n) is 5.55. The number of urea groups is 1. The highest BCUT2D eigenvalue weighted by atomic mass is 19.1. The van der Waals surface area contributed by atoms with E-state index in [1.165, 1.54) is 19.4 Å². The van der Waals surface area contributed by atoms with Gasteiger partial charge in [-0.25, -0.2) is 9.18 Å². The summed E-state index contributed by atoms with van der Waals surface area (Å²) in [6, 6.07) is 6.94. The first-order chi connectivity index (χ1) is 13.1. The van der Waals surface area contributed by atoms with Gasteiger partial charge in [0.25, 0.3) is 0 Å². The molecule has 3 rings (SSSR count). The molecule has 0 radical (unpaired) electrons. The molecule has 3 aromatic rings. The molecule has 1 aromatic carbocycles.